The van der Waals surface area contributed by atoms with Crippen LogP contribution < -0.4 is 0 Å². The highest BCUT2D eigenvalue weighted by molar-refractivity contribution is 5.69. The van der Waals surface area contributed by atoms with Gasteiger partial charge in [0.15, 0.2) is 0 Å². The van der Waals surface area contributed by atoms with E-state index >= 15 is 0 Å². The standard InChI is InChI=1S/C17H22N4/c1-12(2)14-6-5-7-15(13(3)4)17(14)19-9-8-16-20-10-18-11-21-16/h5-7,9-13H,8H2,1-4H3. The Morgan fingerprint density at radius 3 is 2.10 bits per heavy atom. The lowest BCUT2D eigenvalue weighted by atomic mass is 9.93. The molecule has 21 heavy (non-hydrogen) atoms. The van der Waals surface area contributed by atoms with Crippen molar-refractivity contribution in [3.63, 3.8) is 0 Å². The highest BCUT2D eigenvalue weighted by Crippen LogP contribution is 2.34. The number of aliphatic imine (C=N–C) groups is 1. The van der Waals surface area contributed by atoms with Crippen LogP contribution in [0.2, 0.25) is 0 Å². The molecule has 0 N–H and O–H groups in total. The quantitative estimate of drug-likeness (QED) is 0.777. The molecule has 0 saturated heterocycles. The van der Waals surface area contributed by atoms with Crippen molar-refractivity contribution in [2.75, 3.05) is 0 Å². The summed E-state index contributed by atoms with van der Waals surface area (Å²) in [5.74, 6) is 1.64. The van der Waals surface area contributed by atoms with Gasteiger partial charge < -0.3 is 0 Å². The van der Waals surface area contributed by atoms with Crippen LogP contribution in [0.4, 0.5) is 5.69 Å². The van der Waals surface area contributed by atoms with Gasteiger partial charge in [-0.1, -0.05) is 45.9 Å². The van der Waals surface area contributed by atoms with E-state index in [9.17, 15) is 0 Å². The summed E-state index contributed by atoms with van der Waals surface area (Å²) in [6.45, 7) is 8.80. The first-order valence-corrected chi connectivity index (χ1v) is 7.35. The molecule has 0 aliphatic heterocycles. The first-order valence-electron chi connectivity index (χ1n) is 7.35. The molecule has 1 aromatic heterocycles. The van der Waals surface area contributed by atoms with E-state index in [4.69, 9.17) is 4.99 Å². The van der Waals surface area contributed by atoms with Gasteiger partial charge in [0.25, 0.3) is 0 Å². The average Bonchev–Trinajstić information content (AvgIpc) is 2.48. The van der Waals surface area contributed by atoms with Crippen molar-refractivity contribution in [1.29, 1.82) is 0 Å². The van der Waals surface area contributed by atoms with E-state index in [0.29, 0.717) is 18.3 Å². The summed E-state index contributed by atoms with van der Waals surface area (Å²) in [4.78, 5) is 16.8. The summed E-state index contributed by atoms with van der Waals surface area (Å²) >= 11 is 0. The lowest BCUT2D eigenvalue weighted by molar-refractivity contribution is 0.834. The van der Waals surface area contributed by atoms with Crippen LogP contribution in [0, 0.1) is 0 Å². The molecule has 0 saturated carbocycles. The molecule has 0 atom stereocenters. The Morgan fingerprint density at radius 1 is 1.00 bits per heavy atom. The Labute approximate surface area is 126 Å². The largest absolute Gasteiger partial charge is 0.260 e. The lowest BCUT2D eigenvalue weighted by Gasteiger charge is -2.16. The van der Waals surface area contributed by atoms with Crippen molar-refractivity contribution in [3.8, 4) is 0 Å². The van der Waals surface area contributed by atoms with Gasteiger partial charge in [-0.15, -0.1) is 0 Å². The first kappa shape index (κ1) is 15.3. The normalized spacial score (nSPS) is 11.7. The van der Waals surface area contributed by atoms with Crippen molar-refractivity contribution in [3.05, 3.63) is 47.8 Å². The molecule has 4 nitrogen and oxygen atoms in total. The highest BCUT2D eigenvalue weighted by atomic mass is 15.0. The number of nitrogens with zero attached hydrogens (tertiary/aromatic N) is 4. The van der Waals surface area contributed by atoms with E-state index < -0.39 is 0 Å². The maximum atomic E-state index is 4.72. The number of hydrogen-bond acceptors (Lipinski definition) is 4. The third-order valence-corrected chi connectivity index (χ3v) is 3.38. The van der Waals surface area contributed by atoms with Crippen molar-refractivity contribution in [2.24, 2.45) is 4.99 Å². The molecular weight excluding hydrogens is 260 g/mol. The van der Waals surface area contributed by atoms with Crippen molar-refractivity contribution in [1.82, 2.24) is 15.0 Å². The van der Waals surface area contributed by atoms with Crippen LogP contribution in [0.3, 0.4) is 0 Å². The van der Waals surface area contributed by atoms with Crippen LogP contribution in [0.25, 0.3) is 0 Å². The number of benzene rings is 1. The van der Waals surface area contributed by atoms with E-state index in [0.717, 1.165) is 11.5 Å². The molecule has 1 aromatic carbocycles. The van der Waals surface area contributed by atoms with Gasteiger partial charge in [0.2, 0.25) is 0 Å². The monoisotopic (exact) mass is 282 g/mol. The maximum Gasteiger partial charge on any atom is 0.137 e. The highest BCUT2D eigenvalue weighted by Gasteiger charge is 2.12. The second kappa shape index (κ2) is 7.07. The number of rotatable bonds is 5. The lowest BCUT2D eigenvalue weighted by Crippen LogP contribution is -1.98. The molecule has 0 unspecified atom stereocenters. The summed E-state index contributed by atoms with van der Waals surface area (Å²) in [5.41, 5.74) is 3.66. The van der Waals surface area contributed by atoms with Crippen LogP contribution in [0.1, 0.15) is 56.5 Å². The first-order chi connectivity index (χ1) is 10.1. The zero-order valence-corrected chi connectivity index (χ0v) is 13.1. The van der Waals surface area contributed by atoms with Gasteiger partial charge >= 0.3 is 0 Å². The van der Waals surface area contributed by atoms with Gasteiger partial charge in [-0.3, -0.25) is 4.99 Å². The molecule has 2 aromatic rings. The minimum absolute atomic E-state index is 0.452. The van der Waals surface area contributed by atoms with Gasteiger partial charge in [-0.2, -0.15) is 0 Å². The smallest absolute Gasteiger partial charge is 0.137 e. The Morgan fingerprint density at radius 2 is 1.57 bits per heavy atom. The van der Waals surface area contributed by atoms with Crippen LogP contribution in [-0.4, -0.2) is 21.2 Å². The third kappa shape index (κ3) is 3.94. The van der Waals surface area contributed by atoms with Gasteiger partial charge in [0, 0.05) is 12.6 Å². The van der Waals surface area contributed by atoms with Crippen LogP contribution in [0.15, 0.2) is 35.8 Å². The number of hydrogen-bond donors (Lipinski definition) is 0. The fourth-order valence-electron chi connectivity index (χ4n) is 2.25. The average molecular weight is 282 g/mol. The second-order valence-corrected chi connectivity index (χ2v) is 5.66. The Kier molecular flexibility index (Phi) is 5.14. The zero-order chi connectivity index (χ0) is 15.2. The molecule has 4 heteroatoms. The van der Waals surface area contributed by atoms with Crippen molar-refractivity contribution in [2.45, 2.75) is 46.0 Å². The maximum absolute atomic E-state index is 4.72. The van der Waals surface area contributed by atoms with E-state index in [1.165, 1.54) is 23.8 Å². The summed E-state index contributed by atoms with van der Waals surface area (Å²) in [6, 6.07) is 6.44. The number of aromatic nitrogens is 3. The molecule has 1 heterocycles. The summed E-state index contributed by atoms with van der Waals surface area (Å²) in [5, 5.41) is 0. The van der Waals surface area contributed by atoms with Crippen LogP contribution >= 0.6 is 0 Å². The van der Waals surface area contributed by atoms with Crippen molar-refractivity contribution >= 4 is 11.9 Å². The van der Waals surface area contributed by atoms with E-state index in [1.54, 1.807) is 0 Å². The summed E-state index contributed by atoms with van der Waals surface area (Å²) < 4.78 is 0. The summed E-state index contributed by atoms with van der Waals surface area (Å²) in [6.07, 6.45) is 5.53. The molecule has 0 radical (unpaired) electrons. The molecule has 0 aliphatic carbocycles. The predicted octanol–water partition coefficient (Wildman–Crippen LogP) is 4.06. The molecule has 0 spiro atoms. The number of para-hydroxylation sites is 1. The molecule has 2 rings (SSSR count). The molecular formula is C17H22N4. The molecule has 0 fully saturated rings. The minimum Gasteiger partial charge on any atom is -0.260 e. The van der Waals surface area contributed by atoms with Gasteiger partial charge in [-0.25, -0.2) is 15.0 Å². The molecule has 0 bridgehead atoms. The Hall–Kier alpha value is -2.10. The topological polar surface area (TPSA) is 51.0 Å². The molecule has 0 amide bonds. The van der Waals surface area contributed by atoms with Gasteiger partial charge in [0.05, 0.1) is 5.69 Å². The van der Waals surface area contributed by atoms with E-state index in [2.05, 4.69) is 60.8 Å². The van der Waals surface area contributed by atoms with E-state index in [-0.39, 0.29) is 0 Å². The zero-order valence-electron chi connectivity index (χ0n) is 13.1. The second-order valence-electron chi connectivity index (χ2n) is 5.66. The fraction of sp³-hybridized carbons (Fsp3) is 0.412. The Balaban J connectivity index is 2.29. The molecule has 0 aliphatic rings. The van der Waals surface area contributed by atoms with Crippen molar-refractivity contribution < 1.29 is 0 Å². The summed E-state index contributed by atoms with van der Waals surface area (Å²) in [7, 11) is 0. The Bertz CT molecular complexity index is 577. The minimum atomic E-state index is 0.452. The predicted molar refractivity (Wildman–Crippen MR) is 86.3 cm³/mol. The third-order valence-electron chi connectivity index (χ3n) is 3.38. The van der Waals surface area contributed by atoms with Gasteiger partial charge in [0.1, 0.15) is 18.5 Å². The van der Waals surface area contributed by atoms with E-state index in [1.807, 2.05) is 6.21 Å². The van der Waals surface area contributed by atoms with Crippen LogP contribution in [-0.2, 0) is 6.42 Å². The fourth-order valence-corrected chi connectivity index (χ4v) is 2.25. The van der Waals surface area contributed by atoms with Crippen LogP contribution in [0.5, 0.6) is 0 Å². The SMILES string of the molecule is CC(C)c1cccc(C(C)C)c1N=CCc1ncncn1. The molecule has 110 valence electrons. The van der Waals surface area contributed by atoms with Gasteiger partial charge in [-0.05, 0) is 23.0 Å².